The molecule has 5 nitrogen and oxygen atoms in total. The maximum absolute atomic E-state index is 14.2. The van der Waals surface area contributed by atoms with Crippen molar-refractivity contribution in [2.75, 3.05) is 0 Å². The second kappa shape index (κ2) is 9.01. The van der Waals surface area contributed by atoms with Gasteiger partial charge >= 0.3 is 5.97 Å². The Hall–Kier alpha value is -2.24. The Morgan fingerprint density at radius 3 is 2.54 bits per heavy atom. The molecule has 4 aliphatic rings. The lowest BCUT2D eigenvalue weighted by molar-refractivity contribution is -0.201. The van der Waals surface area contributed by atoms with Crippen molar-refractivity contribution in [1.29, 1.82) is 0 Å². The van der Waals surface area contributed by atoms with Crippen molar-refractivity contribution in [1.82, 2.24) is 0 Å². The van der Waals surface area contributed by atoms with Crippen molar-refractivity contribution >= 4 is 11.8 Å². The van der Waals surface area contributed by atoms with E-state index in [0.717, 1.165) is 19.3 Å². The standard InChI is InChI=1S/C30H40O5/c1-7-8-9-10-11-12-13-14-23(31)35-27-18(2)15-21-24-22(28(24,5)6)16-20(4)29(26(21)33)17-19(3)25(32)30(27,29)34/h9-15,17,20-22,24-25,27,32,34H,7-8,16H2,1-6H3/b10-9+,12-11-,14-13+/t20-,21+,22-,24+,25+,27-,29+,30-/m0/s1. The zero-order valence-electron chi connectivity index (χ0n) is 21.8. The molecule has 0 radical (unpaired) electrons. The van der Waals surface area contributed by atoms with Crippen molar-refractivity contribution in [3.63, 3.8) is 0 Å². The molecule has 190 valence electrons. The average Bonchev–Trinajstić information content (AvgIpc) is 3.30. The fraction of sp³-hybridized carbons (Fsp3) is 0.600. The van der Waals surface area contributed by atoms with Gasteiger partial charge in [-0.15, -0.1) is 0 Å². The molecule has 2 bridgehead atoms. The summed E-state index contributed by atoms with van der Waals surface area (Å²) in [5.74, 6) is -0.701. The fourth-order valence-corrected chi connectivity index (χ4v) is 7.33. The van der Waals surface area contributed by atoms with E-state index in [-0.39, 0.29) is 29.0 Å². The van der Waals surface area contributed by atoms with E-state index < -0.39 is 29.2 Å². The Labute approximate surface area is 209 Å². The number of hydrogen-bond donors (Lipinski definition) is 2. The number of carbonyl (C=O) groups excluding carboxylic acids is 2. The quantitative estimate of drug-likeness (QED) is 0.245. The van der Waals surface area contributed by atoms with Gasteiger partial charge in [0.1, 0.15) is 6.10 Å². The van der Waals surface area contributed by atoms with Gasteiger partial charge in [-0.25, -0.2) is 4.79 Å². The minimum absolute atomic E-state index is 0.0399. The van der Waals surface area contributed by atoms with Crippen molar-refractivity contribution in [2.45, 2.75) is 78.6 Å². The van der Waals surface area contributed by atoms with Crippen molar-refractivity contribution in [3.05, 3.63) is 59.8 Å². The first-order chi connectivity index (χ1) is 16.4. The number of rotatable bonds is 6. The number of carbonyl (C=O) groups is 2. The molecule has 4 aliphatic carbocycles. The van der Waals surface area contributed by atoms with Crippen LogP contribution < -0.4 is 0 Å². The summed E-state index contributed by atoms with van der Waals surface area (Å²) in [5, 5.41) is 23.6. The molecule has 0 aromatic heterocycles. The SMILES string of the molecule is CCC/C=C/C=C\C=C\C(=O)O[C@H]1C(C)=C[C@H]2C(=O)[C@@]3(C=C(C)[C@@H](O)[C@]13O)[C@@H](C)C[C@H]1[C@@H]2C1(C)C. The van der Waals surface area contributed by atoms with E-state index >= 15 is 0 Å². The van der Waals surface area contributed by atoms with E-state index in [1.807, 2.05) is 25.2 Å². The third-order valence-corrected chi connectivity index (χ3v) is 9.23. The molecular weight excluding hydrogens is 440 g/mol. The van der Waals surface area contributed by atoms with Crippen LogP contribution in [0.1, 0.15) is 60.8 Å². The number of Topliss-reactive ketones (excluding diaryl/α,β-unsaturated/α-hetero) is 1. The Morgan fingerprint density at radius 2 is 1.86 bits per heavy atom. The molecule has 2 fully saturated rings. The van der Waals surface area contributed by atoms with E-state index in [4.69, 9.17) is 4.74 Å². The van der Waals surface area contributed by atoms with Gasteiger partial charge in [-0.1, -0.05) is 76.6 Å². The van der Waals surface area contributed by atoms with E-state index in [9.17, 15) is 19.8 Å². The topological polar surface area (TPSA) is 83.8 Å². The summed E-state index contributed by atoms with van der Waals surface area (Å²) in [5.41, 5.74) is -2.05. The maximum atomic E-state index is 14.2. The van der Waals surface area contributed by atoms with Crippen molar-refractivity contribution in [3.8, 4) is 0 Å². The summed E-state index contributed by atoms with van der Waals surface area (Å²) in [4.78, 5) is 27.1. The first-order valence-electron chi connectivity index (χ1n) is 13.0. The third-order valence-electron chi connectivity index (χ3n) is 9.23. The normalized spacial score (nSPS) is 41.9. The van der Waals surface area contributed by atoms with Crippen LogP contribution in [0.4, 0.5) is 0 Å². The van der Waals surface area contributed by atoms with E-state index in [1.165, 1.54) is 6.08 Å². The predicted octanol–water partition coefficient (Wildman–Crippen LogP) is 4.86. The van der Waals surface area contributed by atoms with Crippen LogP contribution in [0.5, 0.6) is 0 Å². The zero-order chi connectivity index (χ0) is 25.8. The molecule has 8 atom stereocenters. The van der Waals surface area contributed by atoms with Crippen LogP contribution in [0.25, 0.3) is 0 Å². The van der Waals surface area contributed by atoms with Gasteiger partial charge in [-0.05, 0) is 61.0 Å². The number of fused-ring (bicyclic) bond motifs is 3. The Morgan fingerprint density at radius 1 is 1.17 bits per heavy atom. The molecular formula is C30H40O5. The van der Waals surface area contributed by atoms with Crippen LogP contribution in [-0.4, -0.2) is 39.8 Å². The lowest BCUT2D eigenvalue weighted by Crippen LogP contribution is -2.65. The van der Waals surface area contributed by atoms with Gasteiger partial charge in [0.25, 0.3) is 0 Å². The molecule has 35 heavy (non-hydrogen) atoms. The second-order valence-electron chi connectivity index (χ2n) is 11.7. The lowest BCUT2D eigenvalue weighted by Gasteiger charge is -2.48. The molecule has 0 saturated heterocycles. The zero-order valence-corrected chi connectivity index (χ0v) is 21.8. The molecule has 0 amide bonds. The third kappa shape index (κ3) is 3.74. The second-order valence-corrected chi connectivity index (χ2v) is 11.7. The van der Waals surface area contributed by atoms with Crippen molar-refractivity contribution in [2.24, 2.45) is 34.5 Å². The highest BCUT2D eigenvalue weighted by Gasteiger charge is 2.76. The van der Waals surface area contributed by atoms with Gasteiger partial charge < -0.3 is 14.9 Å². The smallest absolute Gasteiger partial charge is 0.331 e. The molecule has 0 aromatic rings. The van der Waals surface area contributed by atoms with E-state index in [0.29, 0.717) is 17.1 Å². The van der Waals surface area contributed by atoms with E-state index in [2.05, 4.69) is 26.8 Å². The molecule has 0 aromatic carbocycles. The molecule has 0 aliphatic heterocycles. The molecule has 2 saturated carbocycles. The number of ether oxygens (including phenoxy) is 1. The van der Waals surface area contributed by atoms with Crippen LogP contribution in [-0.2, 0) is 14.3 Å². The van der Waals surface area contributed by atoms with Crippen LogP contribution >= 0.6 is 0 Å². The summed E-state index contributed by atoms with van der Waals surface area (Å²) in [6.07, 6.45) is 14.6. The van der Waals surface area contributed by atoms with Crippen molar-refractivity contribution < 1.29 is 24.5 Å². The summed E-state index contributed by atoms with van der Waals surface area (Å²) in [6, 6.07) is 0. The number of aliphatic hydroxyl groups is 2. The number of aliphatic hydroxyl groups excluding tert-OH is 1. The van der Waals surface area contributed by atoms with Crippen LogP contribution in [0.3, 0.4) is 0 Å². The van der Waals surface area contributed by atoms with Crippen LogP contribution in [0, 0.1) is 34.5 Å². The lowest BCUT2D eigenvalue weighted by atomic mass is 9.59. The maximum Gasteiger partial charge on any atom is 0.331 e. The number of hydrogen-bond acceptors (Lipinski definition) is 5. The predicted molar refractivity (Wildman–Crippen MR) is 136 cm³/mol. The van der Waals surface area contributed by atoms with Crippen LogP contribution in [0.2, 0.25) is 0 Å². The fourth-order valence-electron chi connectivity index (χ4n) is 7.33. The highest BCUT2D eigenvalue weighted by Crippen LogP contribution is 2.71. The number of ketones is 1. The summed E-state index contributed by atoms with van der Waals surface area (Å²) in [7, 11) is 0. The number of unbranched alkanes of at least 4 members (excludes halogenated alkanes) is 1. The highest BCUT2D eigenvalue weighted by molar-refractivity contribution is 5.95. The average molecular weight is 481 g/mol. The Kier molecular flexibility index (Phi) is 6.65. The van der Waals surface area contributed by atoms with Gasteiger partial charge in [0.2, 0.25) is 0 Å². The number of allylic oxidation sites excluding steroid dienone is 6. The Balaban J connectivity index is 1.70. The van der Waals surface area contributed by atoms with E-state index in [1.54, 1.807) is 32.1 Å². The largest absolute Gasteiger partial charge is 0.451 e. The minimum atomic E-state index is -1.95. The number of esters is 1. The summed E-state index contributed by atoms with van der Waals surface area (Å²) >= 11 is 0. The minimum Gasteiger partial charge on any atom is -0.451 e. The molecule has 1 spiro atoms. The summed E-state index contributed by atoms with van der Waals surface area (Å²) in [6.45, 7) is 12.1. The molecule has 0 unspecified atom stereocenters. The van der Waals surface area contributed by atoms with Gasteiger partial charge in [0.15, 0.2) is 17.5 Å². The first-order valence-corrected chi connectivity index (χ1v) is 13.0. The first kappa shape index (κ1) is 25.8. The molecule has 5 heteroatoms. The van der Waals surface area contributed by atoms with Gasteiger partial charge in [-0.2, -0.15) is 0 Å². The van der Waals surface area contributed by atoms with Gasteiger partial charge in [-0.3, -0.25) is 4.79 Å². The monoisotopic (exact) mass is 480 g/mol. The van der Waals surface area contributed by atoms with Gasteiger partial charge in [0, 0.05) is 12.0 Å². The molecule has 4 rings (SSSR count). The highest BCUT2D eigenvalue weighted by atomic mass is 16.6. The van der Waals surface area contributed by atoms with Crippen LogP contribution in [0.15, 0.2) is 59.8 Å². The van der Waals surface area contributed by atoms with Gasteiger partial charge in [0.05, 0.1) is 5.41 Å². The molecule has 0 heterocycles. The molecule has 2 N–H and O–H groups in total. The summed E-state index contributed by atoms with van der Waals surface area (Å²) < 4.78 is 5.86. The Bertz CT molecular complexity index is 1040.